The zero-order valence-electron chi connectivity index (χ0n) is 12.7. The molecule has 0 bridgehead atoms. The van der Waals surface area contributed by atoms with Crippen molar-refractivity contribution in [3.05, 3.63) is 6.07 Å². The van der Waals surface area contributed by atoms with E-state index in [9.17, 15) is 19.8 Å². The Labute approximate surface area is 126 Å². The summed E-state index contributed by atoms with van der Waals surface area (Å²) >= 11 is 0. The maximum Gasteiger partial charge on any atom is 0.408 e. The Morgan fingerprint density at radius 3 is 2.32 bits per heavy atom. The molecule has 124 valence electrons. The fraction of sp³-hybridized carbons (Fsp3) is 0.538. The average Bonchev–Trinajstić information content (AvgIpc) is 2.62. The number of ether oxygens (including phenoxy) is 2. The first-order valence-corrected chi connectivity index (χ1v) is 6.50. The number of carbonyl (C=O) groups excluding carboxylic acids is 2. The molecule has 0 unspecified atom stereocenters. The van der Waals surface area contributed by atoms with E-state index < -0.39 is 41.6 Å². The summed E-state index contributed by atoms with van der Waals surface area (Å²) in [6, 6.07) is -0.439. The molecule has 2 atom stereocenters. The summed E-state index contributed by atoms with van der Waals surface area (Å²) in [6.07, 6.45) is -2.17. The Morgan fingerprint density at radius 1 is 1.32 bits per heavy atom. The van der Waals surface area contributed by atoms with Gasteiger partial charge in [-0.3, -0.25) is 4.98 Å². The third-order valence-electron chi connectivity index (χ3n) is 2.37. The van der Waals surface area contributed by atoms with Crippen LogP contribution in [0.3, 0.4) is 0 Å². The standard InChI is InChI=1S/C13H20N2O7/c1-6(16)9(15-12(20)22-13(2,3)4)11(19)21-7-5-8(17)14-10(7)18/h5-6,9,14,16-18H,1-4H3,(H,15,20)/t6-,9+/m1/s1. The second kappa shape index (κ2) is 6.56. The average molecular weight is 316 g/mol. The van der Waals surface area contributed by atoms with Crippen LogP contribution < -0.4 is 10.1 Å². The number of aliphatic hydroxyl groups excluding tert-OH is 1. The van der Waals surface area contributed by atoms with Crippen LogP contribution in [-0.4, -0.2) is 50.1 Å². The van der Waals surface area contributed by atoms with Crippen LogP contribution in [0, 0.1) is 0 Å². The number of carbonyl (C=O) groups is 2. The van der Waals surface area contributed by atoms with Crippen molar-refractivity contribution in [1.82, 2.24) is 10.3 Å². The maximum atomic E-state index is 12.0. The number of esters is 1. The molecule has 1 heterocycles. The van der Waals surface area contributed by atoms with Crippen molar-refractivity contribution in [1.29, 1.82) is 0 Å². The summed E-state index contributed by atoms with van der Waals surface area (Å²) in [7, 11) is 0. The highest BCUT2D eigenvalue weighted by Crippen LogP contribution is 2.29. The van der Waals surface area contributed by atoms with Gasteiger partial charge in [-0.15, -0.1) is 0 Å². The number of nitrogens with one attached hydrogen (secondary N) is 2. The molecule has 0 aromatic carbocycles. The number of alkyl carbamates (subject to hydrolysis) is 1. The van der Waals surface area contributed by atoms with Crippen LogP contribution in [0.25, 0.3) is 0 Å². The number of hydrogen-bond donors (Lipinski definition) is 5. The number of amides is 1. The molecule has 1 aromatic heterocycles. The van der Waals surface area contributed by atoms with E-state index in [0.29, 0.717) is 0 Å². The van der Waals surface area contributed by atoms with Crippen LogP contribution in [0.15, 0.2) is 6.07 Å². The van der Waals surface area contributed by atoms with Crippen LogP contribution >= 0.6 is 0 Å². The molecule has 9 nitrogen and oxygen atoms in total. The number of aromatic amines is 1. The molecule has 0 aliphatic rings. The number of rotatable bonds is 4. The number of aromatic nitrogens is 1. The summed E-state index contributed by atoms with van der Waals surface area (Å²) in [5, 5.41) is 30.3. The minimum absolute atomic E-state index is 0.334. The summed E-state index contributed by atoms with van der Waals surface area (Å²) < 4.78 is 9.79. The second-order valence-corrected chi connectivity index (χ2v) is 5.65. The van der Waals surface area contributed by atoms with Gasteiger partial charge < -0.3 is 30.1 Å². The monoisotopic (exact) mass is 316 g/mol. The van der Waals surface area contributed by atoms with E-state index in [4.69, 9.17) is 14.6 Å². The lowest BCUT2D eigenvalue weighted by Crippen LogP contribution is -2.50. The predicted octanol–water partition coefficient (Wildman–Crippen LogP) is 0.605. The van der Waals surface area contributed by atoms with E-state index in [-0.39, 0.29) is 5.75 Å². The van der Waals surface area contributed by atoms with Crippen molar-refractivity contribution in [2.75, 3.05) is 0 Å². The summed E-state index contributed by atoms with van der Waals surface area (Å²) in [4.78, 5) is 25.7. The van der Waals surface area contributed by atoms with Crippen LogP contribution in [-0.2, 0) is 9.53 Å². The molecule has 1 amide bonds. The maximum absolute atomic E-state index is 12.0. The van der Waals surface area contributed by atoms with Gasteiger partial charge in [0.25, 0.3) is 0 Å². The molecule has 0 radical (unpaired) electrons. The topological polar surface area (TPSA) is 141 Å². The fourth-order valence-corrected chi connectivity index (χ4v) is 1.47. The van der Waals surface area contributed by atoms with E-state index in [1.807, 2.05) is 0 Å². The molecule has 1 rings (SSSR count). The molecule has 0 spiro atoms. The summed E-state index contributed by atoms with van der Waals surface area (Å²) in [6.45, 7) is 6.20. The Morgan fingerprint density at radius 2 is 1.91 bits per heavy atom. The van der Waals surface area contributed by atoms with Gasteiger partial charge in [0, 0.05) is 6.07 Å². The molecule has 22 heavy (non-hydrogen) atoms. The quantitative estimate of drug-likeness (QED) is 0.512. The molecular formula is C13H20N2O7. The first-order valence-electron chi connectivity index (χ1n) is 6.50. The first kappa shape index (κ1) is 17.6. The Balaban J connectivity index is 2.76. The second-order valence-electron chi connectivity index (χ2n) is 5.65. The number of aliphatic hydroxyl groups is 1. The Hall–Kier alpha value is -2.42. The Bertz CT molecular complexity index is 545. The van der Waals surface area contributed by atoms with Crippen molar-refractivity contribution < 1.29 is 34.4 Å². The van der Waals surface area contributed by atoms with Crippen LogP contribution in [0.2, 0.25) is 0 Å². The summed E-state index contributed by atoms with van der Waals surface area (Å²) in [5.74, 6) is -2.34. The Kier molecular flexibility index (Phi) is 5.26. The lowest BCUT2D eigenvalue weighted by molar-refractivity contribution is -0.139. The minimum atomic E-state index is -1.41. The van der Waals surface area contributed by atoms with Crippen LogP contribution in [0.4, 0.5) is 4.79 Å². The molecule has 0 saturated heterocycles. The van der Waals surface area contributed by atoms with E-state index in [1.165, 1.54) is 6.92 Å². The van der Waals surface area contributed by atoms with Gasteiger partial charge in [-0.25, -0.2) is 9.59 Å². The van der Waals surface area contributed by atoms with Crippen LogP contribution in [0.5, 0.6) is 17.5 Å². The third kappa shape index (κ3) is 5.17. The van der Waals surface area contributed by atoms with E-state index >= 15 is 0 Å². The fourth-order valence-electron chi connectivity index (χ4n) is 1.47. The van der Waals surface area contributed by atoms with Crippen molar-refractivity contribution >= 4 is 12.1 Å². The lowest BCUT2D eigenvalue weighted by atomic mass is 10.2. The highest BCUT2D eigenvalue weighted by molar-refractivity contribution is 5.84. The number of aromatic hydroxyl groups is 2. The van der Waals surface area contributed by atoms with Crippen LogP contribution in [0.1, 0.15) is 27.7 Å². The van der Waals surface area contributed by atoms with Gasteiger partial charge in [0.1, 0.15) is 5.60 Å². The molecule has 9 heteroatoms. The van der Waals surface area contributed by atoms with Gasteiger partial charge >= 0.3 is 12.1 Å². The highest BCUT2D eigenvalue weighted by atomic mass is 16.6. The molecule has 1 aromatic rings. The predicted molar refractivity (Wildman–Crippen MR) is 74.6 cm³/mol. The normalized spacial score (nSPS) is 14.0. The van der Waals surface area contributed by atoms with Gasteiger partial charge in [-0.2, -0.15) is 0 Å². The van der Waals surface area contributed by atoms with Gasteiger partial charge in [-0.05, 0) is 27.7 Å². The minimum Gasteiger partial charge on any atom is -0.494 e. The SMILES string of the molecule is C[C@@H](O)[C@H](NC(=O)OC(C)(C)C)C(=O)Oc1cc(O)[nH]c1O. The molecule has 0 fully saturated rings. The van der Waals surface area contributed by atoms with Gasteiger partial charge in [0.2, 0.25) is 5.88 Å². The van der Waals surface area contributed by atoms with E-state index in [0.717, 1.165) is 6.07 Å². The molecule has 0 saturated carbocycles. The number of H-pyrrole nitrogens is 1. The van der Waals surface area contributed by atoms with Crippen molar-refractivity contribution in [2.45, 2.75) is 45.4 Å². The molecule has 0 aliphatic heterocycles. The molecule has 0 aliphatic carbocycles. The van der Waals surface area contributed by atoms with Gasteiger partial charge in [-0.1, -0.05) is 0 Å². The number of hydrogen-bond acceptors (Lipinski definition) is 7. The zero-order valence-corrected chi connectivity index (χ0v) is 12.7. The first-order chi connectivity index (χ1) is 9.99. The van der Waals surface area contributed by atoms with Gasteiger partial charge in [0.05, 0.1) is 6.10 Å². The largest absolute Gasteiger partial charge is 0.494 e. The lowest BCUT2D eigenvalue weighted by Gasteiger charge is -2.23. The summed E-state index contributed by atoms with van der Waals surface area (Å²) in [5.41, 5.74) is -0.776. The van der Waals surface area contributed by atoms with Crippen molar-refractivity contribution in [3.8, 4) is 17.5 Å². The highest BCUT2D eigenvalue weighted by Gasteiger charge is 2.30. The zero-order chi connectivity index (χ0) is 17.1. The third-order valence-corrected chi connectivity index (χ3v) is 2.37. The van der Waals surface area contributed by atoms with Gasteiger partial charge in [0.15, 0.2) is 17.7 Å². The molecule has 5 N–H and O–H groups in total. The van der Waals surface area contributed by atoms with Crippen molar-refractivity contribution in [2.24, 2.45) is 0 Å². The van der Waals surface area contributed by atoms with Crippen molar-refractivity contribution in [3.63, 3.8) is 0 Å². The van der Waals surface area contributed by atoms with E-state index in [1.54, 1.807) is 20.8 Å². The molecular weight excluding hydrogens is 296 g/mol. The smallest absolute Gasteiger partial charge is 0.408 e. The van der Waals surface area contributed by atoms with E-state index in [2.05, 4.69) is 10.3 Å².